The maximum absolute atomic E-state index is 12.4. The van der Waals surface area contributed by atoms with Crippen molar-refractivity contribution >= 4 is 5.91 Å². The van der Waals surface area contributed by atoms with E-state index in [1.54, 1.807) is 0 Å². The lowest BCUT2D eigenvalue weighted by atomic mass is 9.50. The Hall–Kier alpha value is -0.610. The molecule has 0 aromatic rings. The molecule has 0 aromatic heterocycles. The highest BCUT2D eigenvalue weighted by Crippen LogP contribution is 2.56. The number of carbonyl (C=O) groups is 1. The fourth-order valence-electron chi connectivity index (χ4n) is 5.61. The maximum Gasteiger partial charge on any atom is 0.249 e. The summed E-state index contributed by atoms with van der Waals surface area (Å²) in [5.74, 6) is 1.58. The van der Waals surface area contributed by atoms with E-state index in [9.17, 15) is 4.79 Å². The summed E-state index contributed by atoms with van der Waals surface area (Å²) in [6.45, 7) is 0.733. The topological polar surface area (TPSA) is 64.3 Å². The van der Waals surface area contributed by atoms with E-state index in [0.717, 1.165) is 50.5 Å². The van der Waals surface area contributed by atoms with Crippen LogP contribution >= 0.6 is 0 Å². The highest BCUT2D eigenvalue weighted by Gasteiger charge is 2.57. The standard InChI is InChI=1S/C15H24N2O2/c16-14-5-10-4-11(6-14)8-15(7-10,9-14)17-13(18)12-2-1-3-19-12/h10-12H,1-9,16H2,(H,17,18). The number of nitrogens with one attached hydrogen (secondary N) is 1. The smallest absolute Gasteiger partial charge is 0.249 e. The van der Waals surface area contributed by atoms with E-state index in [1.165, 1.54) is 19.3 Å². The Morgan fingerprint density at radius 1 is 1.21 bits per heavy atom. The van der Waals surface area contributed by atoms with Crippen LogP contribution in [0.15, 0.2) is 0 Å². The van der Waals surface area contributed by atoms with Crippen LogP contribution in [0.3, 0.4) is 0 Å². The fraction of sp³-hybridized carbons (Fsp3) is 0.933. The molecule has 1 aliphatic heterocycles. The van der Waals surface area contributed by atoms with Gasteiger partial charge < -0.3 is 15.8 Å². The summed E-state index contributed by atoms with van der Waals surface area (Å²) < 4.78 is 5.51. The van der Waals surface area contributed by atoms with Crippen molar-refractivity contribution in [1.82, 2.24) is 5.32 Å². The molecule has 19 heavy (non-hydrogen) atoms. The number of hydrogen-bond acceptors (Lipinski definition) is 3. The molecule has 4 saturated carbocycles. The second-order valence-electron chi connectivity index (χ2n) is 7.59. The zero-order chi connectivity index (χ0) is 13.1. The Morgan fingerprint density at radius 2 is 1.95 bits per heavy atom. The van der Waals surface area contributed by atoms with Gasteiger partial charge in [-0.25, -0.2) is 0 Å². The fourth-order valence-corrected chi connectivity index (χ4v) is 5.61. The first-order chi connectivity index (χ1) is 9.06. The summed E-state index contributed by atoms with van der Waals surface area (Å²) >= 11 is 0. The summed E-state index contributed by atoms with van der Waals surface area (Å²) in [5, 5.41) is 3.35. The van der Waals surface area contributed by atoms with Gasteiger partial charge in [0.1, 0.15) is 6.10 Å². The van der Waals surface area contributed by atoms with Crippen LogP contribution in [0.4, 0.5) is 0 Å². The molecule has 1 heterocycles. The predicted molar refractivity (Wildman–Crippen MR) is 71.4 cm³/mol. The van der Waals surface area contributed by atoms with Crippen molar-refractivity contribution in [2.45, 2.75) is 68.5 Å². The van der Waals surface area contributed by atoms with Gasteiger partial charge in [0.05, 0.1) is 0 Å². The van der Waals surface area contributed by atoms with Gasteiger partial charge in [0, 0.05) is 17.7 Å². The minimum Gasteiger partial charge on any atom is -0.368 e. The normalized spacial score (nSPS) is 51.5. The van der Waals surface area contributed by atoms with E-state index in [1.807, 2.05) is 0 Å². The number of nitrogens with two attached hydrogens (primary N) is 1. The van der Waals surface area contributed by atoms with Gasteiger partial charge in [-0.05, 0) is 63.2 Å². The number of ether oxygens (including phenoxy) is 1. The number of hydrogen-bond donors (Lipinski definition) is 2. The van der Waals surface area contributed by atoms with Gasteiger partial charge in [0.2, 0.25) is 5.91 Å². The molecule has 3 unspecified atom stereocenters. The number of amides is 1. The summed E-state index contributed by atoms with van der Waals surface area (Å²) in [6.07, 6.45) is 8.60. The zero-order valence-electron chi connectivity index (χ0n) is 11.5. The molecule has 0 aromatic carbocycles. The van der Waals surface area contributed by atoms with Gasteiger partial charge in [0.15, 0.2) is 0 Å². The van der Waals surface area contributed by atoms with E-state index in [0.29, 0.717) is 0 Å². The van der Waals surface area contributed by atoms with Crippen molar-refractivity contribution < 1.29 is 9.53 Å². The maximum atomic E-state index is 12.4. The second kappa shape index (κ2) is 3.95. The Balaban J connectivity index is 1.52. The van der Waals surface area contributed by atoms with E-state index in [2.05, 4.69) is 5.32 Å². The molecule has 5 aliphatic rings. The molecule has 1 saturated heterocycles. The third-order valence-corrected chi connectivity index (χ3v) is 5.72. The predicted octanol–water partition coefficient (Wildman–Crippen LogP) is 1.33. The first-order valence-corrected chi connectivity index (χ1v) is 7.78. The van der Waals surface area contributed by atoms with Gasteiger partial charge in [0.25, 0.3) is 0 Å². The average molecular weight is 264 g/mol. The van der Waals surface area contributed by atoms with E-state index in [4.69, 9.17) is 10.5 Å². The third-order valence-electron chi connectivity index (χ3n) is 5.72. The number of carbonyl (C=O) groups excluding carboxylic acids is 1. The Bertz CT molecular complexity index is 389. The van der Waals surface area contributed by atoms with Gasteiger partial charge in [-0.1, -0.05) is 0 Å². The SMILES string of the molecule is NC12CC3CC(C1)CC(NC(=O)C1CCCO1)(C3)C2. The minimum atomic E-state index is -0.207. The Labute approximate surface area is 114 Å². The lowest BCUT2D eigenvalue weighted by Gasteiger charge is -2.61. The molecule has 5 rings (SSSR count). The van der Waals surface area contributed by atoms with Crippen LogP contribution in [0.5, 0.6) is 0 Å². The highest BCUT2D eigenvalue weighted by atomic mass is 16.5. The van der Waals surface area contributed by atoms with Crippen LogP contribution < -0.4 is 11.1 Å². The first-order valence-electron chi connectivity index (χ1n) is 7.78. The molecular weight excluding hydrogens is 240 g/mol. The lowest BCUT2D eigenvalue weighted by molar-refractivity contribution is -0.136. The lowest BCUT2D eigenvalue weighted by Crippen LogP contribution is -2.68. The molecule has 0 spiro atoms. The van der Waals surface area contributed by atoms with E-state index in [-0.39, 0.29) is 23.1 Å². The molecule has 4 aliphatic carbocycles. The monoisotopic (exact) mass is 264 g/mol. The van der Waals surface area contributed by atoms with Crippen molar-refractivity contribution in [2.24, 2.45) is 17.6 Å². The number of rotatable bonds is 2. The third kappa shape index (κ3) is 2.00. The van der Waals surface area contributed by atoms with E-state index >= 15 is 0 Å². The first kappa shape index (κ1) is 12.2. The van der Waals surface area contributed by atoms with Crippen molar-refractivity contribution in [3.8, 4) is 0 Å². The quantitative estimate of drug-likeness (QED) is 0.791. The van der Waals surface area contributed by atoms with Gasteiger partial charge in [-0.15, -0.1) is 0 Å². The van der Waals surface area contributed by atoms with Crippen molar-refractivity contribution in [3.63, 3.8) is 0 Å². The van der Waals surface area contributed by atoms with Crippen LogP contribution in [0.25, 0.3) is 0 Å². The Morgan fingerprint density at radius 3 is 2.53 bits per heavy atom. The van der Waals surface area contributed by atoms with Crippen LogP contribution in [0.1, 0.15) is 51.4 Å². The van der Waals surface area contributed by atoms with Crippen LogP contribution in [0.2, 0.25) is 0 Å². The summed E-state index contributed by atoms with van der Waals surface area (Å²) in [5.41, 5.74) is 6.53. The molecule has 0 radical (unpaired) electrons. The summed E-state index contributed by atoms with van der Waals surface area (Å²) in [7, 11) is 0. The summed E-state index contributed by atoms with van der Waals surface area (Å²) in [4.78, 5) is 12.4. The largest absolute Gasteiger partial charge is 0.368 e. The van der Waals surface area contributed by atoms with Gasteiger partial charge >= 0.3 is 0 Å². The van der Waals surface area contributed by atoms with Crippen LogP contribution in [-0.2, 0) is 9.53 Å². The Kier molecular flexibility index (Phi) is 2.53. The molecular formula is C15H24N2O2. The van der Waals surface area contributed by atoms with Crippen LogP contribution in [-0.4, -0.2) is 29.7 Å². The molecule has 106 valence electrons. The van der Waals surface area contributed by atoms with Gasteiger partial charge in [-0.2, -0.15) is 0 Å². The molecule has 1 amide bonds. The van der Waals surface area contributed by atoms with Crippen LogP contribution in [0, 0.1) is 11.8 Å². The zero-order valence-corrected chi connectivity index (χ0v) is 11.5. The van der Waals surface area contributed by atoms with Crippen molar-refractivity contribution in [2.75, 3.05) is 6.61 Å². The highest BCUT2D eigenvalue weighted by molar-refractivity contribution is 5.81. The molecule has 4 bridgehead atoms. The van der Waals surface area contributed by atoms with Crippen molar-refractivity contribution in [1.29, 1.82) is 0 Å². The molecule has 4 nitrogen and oxygen atoms in total. The summed E-state index contributed by atoms with van der Waals surface area (Å²) in [6, 6.07) is 0. The second-order valence-corrected chi connectivity index (χ2v) is 7.59. The molecule has 3 atom stereocenters. The van der Waals surface area contributed by atoms with Crippen molar-refractivity contribution in [3.05, 3.63) is 0 Å². The molecule has 5 fully saturated rings. The van der Waals surface area contributed by atoms with Gasteiger partial charge in [-0.3, -0.25) is 4.79 Å². The molecule has 4 heteroatoms. The average Bonchev–Trinajstić information content (AvgIpc) is 2.77. The minimum absolute atomic E-state index is 0.00606. The molecule has 3 N–H and O–H groups in total. The van der Waals surface area contributed by atoms with E-state index < -0.39 is 0 Å².